The van der Waals surface area contributed by atoms with E-state index in [1.807, 2.05) is 0 Å². The second kappa shape index (κ2) is 10.9. The van der Waals surface area contributed by atoms with Gasteiger partial charge in [0.05, 0.1) is 24.2 Å². The summed E-state index contributed by atoms with van der Waals surface area (Å²) in [5.74, 6) is 0.732. The van der Waals surface area contributed by atoms with Gasteiger partial charge in [-0.2, -0.15) is 0 Å². The molecule has 0 aromatic heterocycles. The quantitative estimate of drug-likeness (QED) is 0.561. The number of benzene rings is 1. The average Bonchev–Trinajstić information content (AvgIpc) is 3.15. The van der Waals surface area contributed by atoms with Crippen LogP contribution >= 0.6 is 0 Å². The van der Waals surface area contributed by atoms with Gasteiger partial charge in [0.15, 0.2) is 0 Å². The third-order valence-electron chi connectivity index (χ3n) is 4.72. The molecule has 6 nitrogen and oxygen atoms in total. The predicted molar refractivity (Wildman–Crippen MR) is 103 cm³/mol. The van der Waals surface area contributed by atoms with Gasteiger partial charge in [-0.25, -0.2) is 13.1 Å². The summed E-state index contributed by atoms with van der Waals surface area (Å²) in [6.45, 7) is 8.31. The van der Waals surface area contributed by atoms with E-state index >= 15 is 0 Å². The van der Waals surface area contributed by atoms with E-state index in [2.05, 4.69) is 23.5 Å². The first-order valence-electron chi connectivity index (χ1n) is 9.61. The Morgan fingerprint density at radius 2 is 1.73 bits per heavy atom. The maximum Gasteiger partial charge on any atom is 0.240 e. The molecule has 1 aromatic rings. The summed E-state index contributed by atoms with van der Waals surface area (Å²) in [7, 11) is -3.51. The van der Waals surface area contributed by atoms with Crippen LogP contribution in [-0.2, 0) is 14.8 Å². The Hall–Kier alpha value is -1.15. The first-order chi connectivity index (χ1) is 12.5. The van der Waals surface area contributed by atoms with Crippen LogP contribution in [0, 0.1) is 0 Å². The Bertz CT molecular complexity index is 609. The van der Waals surface area contributed by atoms with Crippen molar-refractivity contribution in [1.82, 2.24) is 9.62 Å². The molecule has 0 saturated heterocycles. The molecule has 0 heterocycles. The van der Waals surface area contributed by atoms with Crippen molar-refractivity contribution in [3.8, 4) is 5.75 Å². The molecule has 0 unspecified atom stereocenters. The van der Waals surface area contributed by atoms with Crippen molar-refractivity contribution in [3.05, 3.63) is 24.3 Å². The highest BCUT2D eigenvalue weighted by atomic mass is 32.2. The maximum atomic E-state index is 12.3. The second-order valence-electron chi connectivity index (χ2n) is 6.53. The van der Waals surface area contributed by atoms with Crippen LogP contribution in [0.5, 0.6) is 5.75 Å². The molecule has 1 saturated carbocycles. The number of sulfonamides is 1. The molecule has 1 aliphatic carbocycles. The highest BCUT2D eigenvalue weighted by Crippen LogP contribution is 2.24. The average molecular weight is 385 g/mol. The summed E-state index contributed by atoms with van der Waals surface area (Å²) in [5, 5.41) is 0. The lowest BCUT2D eigenvalue weighted by atomic mass is 10.3. The standard InChI is InChI=1S/C19H32N2O4S/c1-3-21(4-2)14-16-24-15-13-20-26(22,23)19-11-9-18(10-12-19)25-17-7-5-6-8-17/h9-12,17,20H,3-8,13-16H2,1-2H3. The van der Waals surface area contributed by atoms with Crippen molar-refractivity contribution >= 4 is 10.0 Å². The molecule has 0 bridgehead atoms. The van der Waals surface area contributed by atoms with Crippen molar-refractivity contribution in [2.24, 2.45) is 0 Å². The minimum Gasteiger partial charge on any atom is -0.490 e. The van der Waals surface area contributed by atoms with Crippen LogP contribution in [0.1, 0.15) is 39.5 Å². The van der Waals surface area contributed by atoms with E-state index in [-0.39, 0.29) is 17.5 Å². The zero-order chi connectivity index (χ0) is 18.8. The van der Waals surface area contributed by atoms with Crippen molar-refractivity contribution < 1.29 is 17.9 Å². The third-order valence-corrected chi connectivity index (χ3v) is 6.20. The SMILES string of the molecule is CCN(CC)CCOCCNS(=O)(=O)c1ccc(OC2CCCC2)cc1. The topological polar surface area (TPSA) is 67.9 Å². The molecule has 1 N–H and O–H groups in total. The Balaban J connectivity index is 1.71. The van der Waals surface area contributed by atoms with E-state index < -0.39 is 10.0 Å². The molecule has 0 radical (unpaired) electrons. The summed E-state index contributed by atoms with van der Waals surface area (Å²) in [6.07, 6.45) is 4.84. The van der Waals surface area contributed by atoms with E-state index in [0.29, 0.717) is 13.2 Å². The Morgan fingerprint density at radius 1 is 1.08 bits per heavy atom. The number of hydrogen-bond acceptors (Lipinski definition) is 5. The fourth-order valence-electron chi connectivity index (χ4n) is 3.06. The Labute approximate surface area is 157 Å². The Morgan fingerprint density at radius 3 is 2.35 bits per heavy atom. The van der Waals surface area contributed by atoms with Gasteiger partial charge in [0.1, 0.15) is 5.75 Å². The van der Waals surface area contributed by atoms with E-state index in [9.17, 15) is 8.42 Å². The van der Waals surface area contributed by atoms with Gasteiger partial charge in [0, 0.05) is 13.1 Å². The molecule has 1 aliphatic rings. The number of nitrogens with one attached hydrogen (secondary N) is 1. The number of hydrogen-bond donors (Lipinski definition) is 1. The zero-order valence-corrected chi connectivity index (χ0v) is 16.8. The molecule has 0 amide bonds. The number of ether oxygens (including phenoxy) is 2. The van der Waals surface area contributed by atoms with E-state index in [4.69, 9.17) is 9.47 Å². The van der Waals surface area contributed by atoms with Crippen LogP contribution in [0.25, 0.3) is 0 Å². The second-order valence-corrected chi connectivity index (χ2v) is 8.30. The molecule has 0 aliphatic heterocycles. The molecular formula is C19H32N2O4S. The summed E-state index contributed by atoms with van der Waals surface area (Å²) in [5.41, 5.74) is 0. The minimum atomic E-state index is -3.51. The lowest BCUT2D eigenvalue weighted by Crippen LogP contribution is -2.30. The van der Waals surface area contributed by atoms with Crippen LogP contribution in [0.3, 0.4) is 0 Å². The summed E-state index contributed by atoms with van der Waals surface area (Å²) in [6, 6.07) is 6.64. The van der Waals surface area contributed by atoms with Gasteiger partial charge in [-0.3, -0.25) is 0 Å². The summed E-state index contributed by atoms with van der Waals surface area (Å²) in [4.78, 5) is 2.51. The Kier molecular flexibility index (Phi) is 8.84. The minimum absolute atomic E-state index is 0.249. The highest BCUT2D eigenvalue weighted by Gasteiger charge is 2.17. The van der Waals surface area contributed by atoms with Crippen molar-refractivity contribution in [2.75, 3.05) is 39.4 Å². The van der Waals surface area contributed by atoms with Crippen LogP contribution in [0.2, 0.25) is 0 Å². The number of likely N-dealkylation sites (N-methyl/N-ethyl adjacent to an activating group) is 1. The largest absolute Gasteiger partial charge is 0.490 e. The normalized spacial score (nSPS) is 15.7. The van der Waals surface area contributed by atoms with Crippen LogP contribution in [0.15, 0.2) is 29.2 Å². The monoisotopic (exact) mass is 384 g/mol. The van der Waals surface area contributed by atoms with Gasteiger partial charge in [-0.05, 0) is 63.0 Å². The summed E-state index contributed by atoms with van der Waals surface area (Å²) < 4.78 is 38.6. The first kappa shape index (κ1) is 21.2. The maximum absolute atomic E-state index is 12.3. The molecule has 1 aromatic carbocycles. The van der Waals surface area contributed by atoms with Gasteiger partial charge in [-0.1, -0.05) is 13.8 Å². The fraction of sp³-hybridized carbons (Fsp3) is 0.684. The van der Waals surface area contributed by atoms with Gasteiger partial charge >= 0.3 is 0 Å². The molecule has 0 spiro atoms. The van der Waals surface area contributed by atoms with Gasteiger partial charge < -0.3 is 14.4 Å². The van der Waals surface area contributed by atoms with Crippen molar-refractivity contribution in [1.29, 1.82) is 0 Å². The first-order valence-corrected chi connectivity index (χ1v) is 11.1. The van der Waals surface area contributed by atoms with Crippen molar-refractivity contribution in [3.63, 3.8) is 0 Å². The summed E-state index contributed by atoms with van der Waals surface area (Å²) >= 11 is 0. The number of rotatable bonds is 12. The van der Waals surface area contributed by atoms with Crippen LogP contribution in [-0.4, -0.2) is 58.8 Å². The zero-order valence-electron chi connectivity index (χ0n) is 15.9. The lowest BCUT2D eigenvalue weighted by molar-refractivity contribution is 0.111. The smallest absolute Gasteiger partial charge is 0.240 e. The number of nitrogens with zero attached hydrogens (tertiary/aromatic N) is 1. The fourth-order valence-corrected chi connectivity index (χ4v) is 4.08. The van der Waals surface area contributed by atoms with Gasteiger partial charge in [0.2, 0.25) is 10.0 Å². The molecule has 7 heteroatoms. The molecule has 2 rings (SSSR count). The van der Waals surface area contributed by atoms with Crippen LogP contribution < -0.4 is 9.46 Å². The van der Waals surface area contributed by atoms with Crippen molar-refractivity contribution in [2.45, 2.75) is 50.5 Å². The van der Waals surface area contributed by atoms with Gasteiger partial charge in [-0.15, -0.1) is 0 Å². The molecular weight excluding hydrogens is 352 g/mol. The molecule has 0 atom stereocenters. The highest BCUT2D eigenvalue weighted by molar-refractivity contribution is 7.89. The third kappa shape index (κ3) is 6.87. The van der Waals surface area contributed by atoms with E-state index in [1.54, 1.807) is 24.3 Å². The van der Waals surface area contributed by atoms with E-state index in [1.165, 1.54) is 12.8 Å². The predicted octanol–water partition coefficient (Wildman–Crippen LogP) is 2.64. The van der Waals surface area contributed by atoms with Gasteiger partial charge in [0.25, 0.3) is 0 Å². The molecule has 148 valence electrons. The van der Waals surface area contributed by atoms with E-state index in [0.717, 1.165) is 38.2 Å². The lowest BCUT2D eigenvalue weighted by Gasteiger charge is -2.17. The van der Waals surface area contributed by atoms with Crippen LogP contribution in [0.4, 0.5) is 0 Å². The molecule has 26 heavy (non-hydrogen) atoms. The molecule has 1 fully saturated rings.